The van der Waals surface area contributed by atoms with Gasteiger partial charge in [-0.1, -0.05) is 41.9 Å². The fraction of sp³-hybridized carbons (Fsp3) is 0.333. The Labute approximate surface area is 127 Å². The van der Waals surface area contributed by atoms with Gasteiger partial charge in [0.15, 0.2) is 5.82 Å². The van der Waals surface area contributed by atoms with Gasteiger partial charge in [-0.05, 0) is 12.8 Å². The maximum atomic E-state index is 6.10. The third-order valence-electron chi connectivity index (χ3n) is 3.14. The topological polar surface area (TPSA) is 35.0 Å². The summed E-state index contributed by atoms with van der Waals surface area (Å²) in [5.41, 5.74) is 0.981. The van der Waals surface area contributed by atoms with E-state index < -0.39 is 0 Å². The van der Waals surface area contributed by atoms with E-state index in [0.717, 1.165) is 35.8 Å². The molecule has 1 fully saturated rings. The monoisotopic (exact) mass is 306 g/mol. The Bertz CT molecular complexity index is 573. The Morgan fingerprint density at radius 1 is 1.25 bits per heavy atom. The largest absolute Gasteiger partial charge is 0.377 e. The van der Waals surface area contributed by atoms with E-state index in [0.29, 0.717) is 17.1 Å². The Balaban J connectivity index is 1.76. The normalized spacial score (nSPS) is 18.4. The van der Waals surface area contributed by atoms with E-state index in [1.54, 1.807) is 11.8 Å². The lowest BCUT2D eigenvalue weighted by Gasteiger charge is -2.09. The van der Waals surface area contributed by atoms with Crippen LogP contribution in [0.15, 0.2) is 41.4 Å². The minimum atomic E-state index is 0.342. The van der Waals surface area contributed by atoms with Crippen LogP contribution in [0.3, 0.4) is 0 Å². The lowest BCUT2D eigenvalue weighted by atomic mass is 10.2. The van der Waals surface area contributed by atoms with Crippen molar-refractivity contribution in [3.63, 3.8) is 0 Å². The van der Waals surface area contributed by atoms with Gasteiger partial charge in [-0.15, -0.1) is 11.8 Å². The standard InChI is InChI=1S/C15H15ClN2OS/c16-13-9-14(20-10-12-7-4-8-19-12)18-15(17-13)11-5-2-1-3-6-11/h1-3,5-6,9,12H,4,7-8,10H2. The number of nitrogens with zero attached hydrogens (tertiary/aromatic N) is 2. The second-order valence-electron chi connectivity index (χ2n) is 4.66. The summed E-state index contributed by atoms with van der Waals surface area (Å²) in [6.45, 7) is 0.880. The highest BCUT2D eigenvalue weighted by Gasteiger charge is 2.16. The third-order valence-corrected chi connectivity index (χ3v) is 4.38. The maximum absolute atomic E-state index is 6.10. The Morgan fingerprint density at radius 3 is 2.85 bits per heavy atom. The summed E-state index contributed by atoms with van der Waals surface area (Å²) in [6.07, 6.45) is 2.64. The van der Waals surface area contributed by atoms with Crippen molar-refractivity contribution in [2.45, 2.75) is 24.0 Å². The molecule has 1 aromatic carbocycles. The first-order valence-corrected chi connectivity index (χ1v) is 8.02. The highest BCUT2D eigenvalue weighted by Crippen LogP contribution is 2.26. The molecule has 1 unspecified atom stereocenters. The molecule has 0 amide bonds. The highest BCUT2D eigenvalue weighted by molar-refractivity contribution is 7.99. The molecule has 0 radical (unpaired) electrons. The fourth-order valence-electron chi connectivity index (χ4n) is 2.14. The Morgan fingerprint density at radius 2 is 2.10 bits per heavy atom. The van der Waals surface area contributed by atoms with E-state index in [-0.39, 0.29) is 0 Å². The third kappa shape index (κ3) is 3.51. The van der Waals surface area contributed by atoms with Crippen LogP contribution >= 0.6 is 23.4 Å². The summed E-state index contributed by atoms with van der Waals surface area (Å²) < 4.78 is 5.62. The molecule has 5 heteroatoms. The zero-order valence-corrected chi connectivity index (χ0v) is 12.5. The van der Waals surface area contributed by atoms with Gasteiger partial charge in [0, 0.05) is 24.0 Å². The van der Waals surface area contributed by atoms with Crippen LogP contribution in [0, 0.1) is 0 Å². The minimum Gasteiger partial charge on any atom is -0.377 e. The number of hydrogen-bond acceptors (Lipinski definition) is 4. The molecular formula is C15H15ClN2OS. The van der Waals surface area contributed by atoms with E-state index in [1.165, 1.54) is 0 Å². The molecule has 1 aliphatic rings. The average molecular weight is 307 g/mol. The van der Waals surface area contributed by atoms with Crippen molar-refractivity contribution in [3.05, 3.63) is 41.6 Å². The summed E-state index contributed by atoms with van der Waals surface area (Å²) in [6, 6.07) is 11.7. The van der Waals surface area contributed by atoms with Crippen molar-refractivity contribution in [2.24, 2.45) is 0 Å². The van der Waals surface area contributed by atoms with E-state index in [2.05, 4.69) is 9.97 Å². The molecule has 1 atom stereocenters. The van der Waals surface area contributed by atoms with Gasteiger partial charge in [0.1, 0.15) is 10.2 Å². The molecule has 0 N–H and O–H groups in total. The molecule has 1 aliphatic heterocycles. The van der Waals surface area contributed by atoms with Crippen LogP contribution in [0.1, 0.15) is 12.8 Å². The van der Waals surface area contributed by atoms with Crippen molar-refractivity contribution < 1.29 is 4.74 Å². The van der Waals surface area contributed by atoms with Crippen molar-refractivity contribution in [2.75, 3.05) is 12.4 Å². The van der Waals surface area contributed by atoms with Gasteiger partial charge < -0.3 is 4.74 Å². The first kappa shape index (κ1) is 13.9. The van der Waals surface area contributed by atoms with E-state index in [1.807, 2.05) is 36.4 Å². The summed E-state index contributed by atoms with van der Waals surface area (Å²) in [4.78, 5) is 8.87. The maximum Gasteiger partial charge on any atom is 0.162 e. The molecule has 3 rings (SSSR count). The summed E-state index contributed by atoms with van der Waals surface area (Å²) in [5, 5.41) is 1.38. The molecule has 3 nitrogen and oxygen atoms in total. The van der Waals surface area contributed by atoms with Crippen LogP contribution in [0.25, 0.3) is 11.4 Å². The average Bonchev–Trinajstić information content (AvgIpc) is 2.99. The molecule has 0 aliphatic carbocycles. The van der Waals surface area contributed by atoms with E-state index in [9.17, 15) is 0 Å². The molecule has 0 saturated carbocycles. The number of hydrogen-bond donors (Lipinski definition) is 0. The SMILES string of the molecule is Clc1cc(SCC2CCCO2)nc(-c2ccccc2)n1. The zero-order valence-electron chi connectivity index (χ0n) is 11.0. The molecule has 0 bridgehead atoms. The number of ether oxygens (including phenoxy) is 1. The number of benzene rings is 1. The molecule has 1 saturated heterocycles. The lowest BCUT2D eigenvalue weighted by Crippen LogP contribution is -2.08. The predicted octanol–water partition coefficient (Wildman–Crippen LogP) is 4.07. The van der Waals surface area contributed by atoms with E-state index >= 15 is 0 Å². The number of thioether (sulfide) groups is 1. The van der Waals surface area contributed by atoms with Crippen molar-refractivity contribution in [1.82, 2.24) is 9.97 Å². The van der Waals surface area contributed by atoms with Crippen LogP contribution in [-0.4, -0.2) is 28.4 Å². The second kappa shape index (κ2) is 6.57. The molecule has 1 aromatic heterocycles. The van der Waals surface area contributed by atoms with Crippen LogP contribution in [-0.2, 0) is 4.74 Å². The smallest absolute Gasteiger partial charge is 0.162 e. The molecule has 0 spiro atoms. The van der Waals surface area contributed by atoms with Crippen molar-refractivity contribution >= 4 is 23.4 Å². The quantitative estimate of drug-likeness (QED) is 0.630. The van der Waals surface area contributed by atoms with Crippen LogP contribution in [0.2, 0.25) is 5.15 Å². The van der Waals surface area contributed by atoms with Gasteiger partial charge in [0.05, 0.1) is 6.10 Å². The van der Waals surface area contributed by atoms with Gasteiger partial charge in [-0.25, -0.2) is 9.97 Å². The van der Waals surface area contributed by atoms with Crippen LogP contribution in [0.5, 0.6) is 0 Å². The second-order valence-corrected chi connectivity index (χ2v) is 6.09. The zero-order chi connectivity index (χ0) is 13.8. The van der Waals surface area contributed by atoms with Gasteiger partial charge in [-0.2, -0.15) is 0 Å². The molecule has 104 valence electrons. The number of aromatic nitrogens is 2. The molecular weight excluding hydrogens is 292 g/mol. The van der Waals surface area contributed by atoms with Gasteiger partial charge in [-0.3, -0.25) is 0 Å². The minimum absolute atomic E-state index is 0.342. The molecule has 20 heavy (non-hydrogen) atoms. The fourth-order valence-corrected chi connectivity index (χ4v) is 3.35. The Hall–Kier alpha value is -1.10. The summed E-state index contributed by atoms with van der Waals surface area (Å²) >= 11 is 7.78. The molecule has 2 heterocycles. The van der Waals surface area contributed by atoms with Crippen LogP contribution < -0.4 is 0 Å². The summed E-state index contributed by atoms with van der Waals surface area (Å²) in [5.74, 6) is 1.59. The van der Waals surface area contributed by atoms with Crippen molar-refractivity contribution in [1.29, 1.82) is 0 Å². The highest BCUT2D eigenvalue weighted by atomic mass is 35.5. The predicted molar refractivity (Wildman–Crippen MR) is 82.2 cm³/mol. The number of rotatable bonds is 4. The number of halogens is 1. The van der Waals surface area contributed by atoms with E-state index in [4.69, 9.17) is 16.3 Å². The van der Waals surface area contributed by atoms with Crippen molar-refractivity contribution in [3.8, 4) is 11.4 Å². The Kier molecular flexibility index (Phi) is 4.55. The van der Waals surface area contributed by atoms with Gasteiger partial charge in [0.2, 0.25) is 0 Å². The van der Waals surface area contributed by atoms with Crippen LogP contribution in [0.4, 0.5) is 0 Å². The van der Waals surface area contributed by atoms with Gasteiger partial charge in [0.25, 0.3) is 0 Å². The first-order valence-electron chi connectivity index (χ1n) is 6.66. The molecule has 2 aromatic rings. The summed E-state index contributed by atoms with van der Waals surface area (Å²) in [7, 11) is 0. The lowest BCUT2D eigenvalue weighted by molar-refractivity contribution is 0.129. The first-order chi connectivity index (χ1) is 9.81. The van der Waals surface area contributed by atoms with Gasteiger partial charge >= 0.3 is 0 Å².